The number of hydrogen-bond acceptors (Lipinski definition) is 3. The molecule has 6 heteroatoms. The largest absolute Gasteiger partial charge is 0.301 e. The molecule has 0 spiro atoms. The molecule has 0 saturated carbocycles. The van der Waals surface area contributed by atoms with Gasteiger partial charge in [-0.1, -0.05) is 38.6 Å². The first-order valence-corrected chi connectivity index (χ1v) is 8.02. The predicted molar refractivity (Wildman–Crippen MR) is 84.4 cm³/mol. The third kappa shape index (κ3) is 3.74. The van der Waals surface area contributed by atoms with E-state index in [-0.39, 0.29) is 22.8 Å². The van der Waals surface area contributed by atoms with Crippen LogP contribution >= 0.6 is 11.8 Å². The van der Waals surface area contributed by atoms with E-state index >= 15 is 0 Å². The van der Waals surface area contributed by atoms with Crippen molar-refractivity contribution in [1.29, 1.82) is 0 Å². The minimum Gasteiger partial charge on any atom is -0.301 e. The molecule has 118 valence electrons. The second-order valence-electron chi connectivity index (χ2n) is 5.19. The molecule has 0 aliphatic carbocycles. The van der Waals surface area contributed by atoms with E-state index in [1.54, 1.807) is 0 Å². The molecule has 0 radical (unpaired) electrons. The van der Waals surface area contributed by atoms with Gasteiger partial charge >= 0.3 is 0 Å². The van der Waals surface area contributed by atoms with Gasteiger partial charge in [0.2, 0.25) is 0 Å². The molecule has 1 heterocycles. The topological polar surface area (TPSA) is 45.8 Å². The van der Waals surface area contributed by atoms with Crippen LogP contribution in [0.4, 0.5) is 8.78 Å². The number of nitrogens with zero attached hydrogens (tertiary/aromatic N) is 1. The molecule has 0 amide bonds. The molecule has 1 N–H and O–H groups in total. The lowest BCUT2D eigenvalue weighted by atomic mass is 10.0. The van der Waals surface area contributed by atoms with Crippen molar-refractivity contribution in [3.05, 3.63) is 57.0 Å². The zero-order valence-electron chi connectivity index (χ0n) is 12.7. The number of thioether (sulfide) groups is 1. The van der Waals surface area contributed by atoms with E-state index in [1.807, 2.05) is 20.8 Å². The van der Waals surface area contributed by atoms with Crippen LogP contribution in [0.15, 0.2) is 28.2 Å². The van der Waals surface area contributed by atoms with Crippen molar-refractivity contribution in [3.8, 4) is 0 Å². The van der Waals surface area contributed by atoms with Crippen molar-refractivity contribution >= 4 is 11.8 Å². The Labute approximate surface area is 132 Å². The summed E-state index contributed by atoms with van der Waals surface area (Å²) in [7, 11) is 0. The quantitative estimate of drug-likeness (QED) is 0.674. The molecule has 0 aliphatic heterocycles. The highest BCUT2D eigenvalue weighted by Crippen LogP contribution is 2.21. The summed E-state index contributed by atoms with van der Waals surface area (Å²) in [6, 6.07) is 3.74. The molecule has 0 unspecified atom stereocenters. The Balaban J connectivity index is 2.49. The lowest BCUT2D eigenvalue weighted by Crippen LogP contribution is -2.19. The van der Waals surface area contributed by atoms with Crippen molar-refractivity contribution in [2.24, 2.45) is 0 Å². The molecule has 3 nitrogen and oxygen atoms in total. The van der Waals surface area contributed by atoms with E-state index in [4.69, 9.17) is 0 Å². The van der Waals surface area contributed by atoms with Crippen LogP contribution in [0.2, 0.25) is 0 Å². The second-order valence-corrected chi connectivity index (χ2v) is 6.76. The second kappa shape index (κ2) is 7.05. The Morgan fingerprint density at radius 3 is 2.41 bits per heavy atom. The van der Waals surface area contributed by atoms with Crippen molar-refractivity contribution in [2.75, 3.05) is 0 Å². The number of benzene rings is 1. The number of aromatic nitrogens is 2. The van der Waals surface area contributed by atoms with Crippen LogP contribution in [0.1, 0.15) is 37.6 Å². The maximum absolute atomic E-state index is 13.8. The summed E-state index contributed by atoms with van der Waals surface area (Å²) in [5.74, 6) is -1.25. The molecular formula is C16H18F2N2OS. The fraction of sp³-hybridized carbons (Fsp3) is 0.375. The highest BCUT2D eigenvalue weighted by atomic mass is 32.2. The number of nitrogens with one attached hydrogen (secondary N) is 1. The van der Waals surface area contributed by atoms with Crippen molar-refractivity contribution in [1.82, 2.24) is 9.97 Å². The van der Waals surface area contributed by atoms with Crippen molar-refractivity contribution in [2.45, 2.75) is 44.0 Å². The summed E-state index contributed by atoms with van der Waals surface area (Å²) in [4.78, 5) is 19.3. The standard InChI is InChI=1S/C16H18F2N2OS/c1-4-10-14(8-11-12(17)6-5-7-13(11)18)19-16(20-15(10)21)22-9(2)3/h5-7,9H,4,8H2,1-3H3,(H,19,20,21). The van der Waals surface area contributed by atoms with Gasteiger partial charge in [-0.05, 0) is 18.6 Å². The molecule has 0 atom stereocenters. The van der Waals surface area contributed by atoms with E-state index in [0.717, 1.165) is 0 Å². The first kappa shape index (κ1) is 16.7. The number of halogens is 2. The van der Waals surface area contributed by atoms with E-state index in [2.05, 4.69) is 9.97 Å². The molecule has 2 rings (SSSR count). The molecule has 0 bridgehead atoms. The third-order valence-electron chi connectivity index (χ3n) is 3.19. The molecule has 0 saturated heterocycles. The molecule has 22 heavy (non-hydrogen) atoms. The van der Waals surface area contributed by atoms with Gasteiger partial charge in [-0.3, -0.25) is 4.79 Å². The molecule has 0 aliphatic rings. The van der Waals surface area contributed by atoms with Crippen LogP contribution < -0.4 is 5.56 Å². The first-order valence-electron chi connectivity index (χ1n) is 7.14. The fourth-order valence-corrected chi connectivity index (χ4v) is 2.94. The van der Waals surface area contributed by atoms with E-state index < -0.39 is 11.6 Å². The van der Waals surface area contributed by atoms with Gasteiger partial charge < -0.3 is 4.98 Å². The Morgan fingerprint density at radius 1 is 1.23 bits per heavy atom. The van der Waals surface area contributed by atoms with Gasteiger partial charge in [0.15, 0.2) is 5.16 Å². The van der Waals surface area contributed by atoms with E-state index in [9.17, 15) is 13.6 Å². The maximum Gasteiger partial charge on any atom is 0.254 e. The van der Waals surface area contributed by atoms with Gasteiger partial charge in [0, 0.05) is 22.8 Å². The van der Waals surface area contributed by atoms with Gasteiger partial charge in [-0.2, -0.15) is 0 Å². The van der Waals surface area contributed by atoms with Crippen LogP contribution in [0.3, 0.4) is 0 Å². The van der Waals surface area contributed by atoms with Crippen LogP contribution in [-0.4, -0.2) is 15.2 Å². The SMILES string of the molecule is CCc1c(Cc2c(F)cccc2F)nc(SC(C)C)[nH]c1=O. The Kier molecular flexibility index (Phi) is 5.34. The average molecular weight is 324 g/mol. The summed E-state index contributed by atoms with van der Waals surface area (Å²) in [6.45, 7) is 5.78. The number of H-pyrrole nitrogens is 1. The summed E-state index contributed by atoms with van der Waals surface area (Å²) < 4.78 is 27.6. The number of rotatable bonds is 5. The lowest BCUT2D eigenvalue weighted by molar-refractivity contribution is 0.559. The van der Waals surface area contributed by atoms with Crippen LogP contribution in [0.25, 0.3) is 0 Å². The van der Waals surface area contributed by atoms with Crippen LogP contribution in [-0.2, 0) is 12.8 Å². The zero-order chi connectivity index (χ0) is 16.3. The van der Waals surface area contributed by atoms with Crippen molar-refractivity contribution < 1.29 is 8.78 Å². The van der Waals surface area contributed by atoms with Gasteiger partial charge in [-0.15, -0.1) is 0 Å². The smallest absolute Gasteiger partial charge is 0.254 e. The van der Waals surface area contributed by atoms with E-state index in [0.29, 0.717) is 22.8 Å². The lowest BCUT2D eigenvalue weighted by Gasteiger charge is -2.11. The molecule has 0 fully saturated rings. The molecule has 1 aromatic carbocycles. The van der Waals surface area contributed by atoms with Crippen molar-refractivity contribution in [3.63, 3.8) is 0 Å². The zero-order valence-corrected chi connectivity index (χ0v) is 13.6. The summed E-state index contributed by atoms with van der Waals surface area (Å²) in [5.41, 5.74) is 0.595. The Hall–Kier alpha value is -1.69. The molecular weight excluding hydrogens is 306 g/mol. The van der Waals surface area contributed by atoms with E-state index in [1.165, 1.54) is 30.0 Å². The molecule has 1 aromatic heterocycles. The number of aromatic amines is 1. The minimum absolute atomic E-state index is 0.0305. The molecule has 2 aromatic rings. The van der Waals surface area contributed by atoms with Gasteiger partial charge in [-0.25, -0.2) is 13.8 Å². The number of hydrogen-bond donors (Lipinski definition) is 1. The third-order valence-corrected chi connectivity index (χ3v) is 4.07. The predicted octanol–water partition coefficient (Wildman–Crippen LogP) is 3.70. The summed E-state index contributed by atoms with van der Waals surface area (Å²) in [5, 5.41) is 0.720. The van der Waals surface area contributed by atoms with Gasteiger partial charge in [0.05, 0.1) is 5.69 Å². The highest BCUT2D eigenvalue weighted by Gasteiger charge is 2.16. The summed E-state index contributed by atoms with van der Waals surface area (Å²) in [6.07, 6.45) is 0.428. The van der Waals surface area contributed by atoms with Gasteiger partial charge in [0.1, 0.15) is 11.6 Å². The normalized spacial score (nSPS) is 11.2. The fourth-order valence-electron chi connectivity index (χ4n) is 2.18. The Morgan fingerprint density at radius 2 is 1.86 bits per heavy atom. The monoisotopic (exact) mass is 324 g/mol. The minimum atomic E-state index is -0.623. The Bertz CT molecular complexity index is 708. The highest BCUT2D eigenvalue weighted by molar-refractivity contribution is 7.99. The maximum atomic E-state index is 13.8. The van der Waals surface area contributed by atoms with Crippen LogP contribution in [0, 0.1) is 11.6 Å². The van der Waals surface area contributed by atoms with Gasteiger partial charge in [0.25, 0.3) is 5.56 Å². The summed E-state index contributed by atoms with van der Waals surface area (Å²) >= 11 is 1.41. The first-order chi connectivity index (χ1) is 10.4. The van der Waals surface area contributed by atoms with Crippen LogP contribution in [0.5, 0.6) is 0 Å². The average Bonchev–Trinajstić information content (AvgIpc) is 2.42.